The number of carbonyl (C=O) groups excluding carboxylic acids is 1. The van der Waals surface area contributed by atoms with Crippen LogP contribution in [0.25, 0.3) is 11.3 Å². The van der Waals surface area contributed by atoms with Gasteiger partial charge in [0.1, 0.15) is 5.75 Å². The number of carbonyl (C=O) groups is 1. The number of nitrogens with zero attached hydrogens (tertiary/aromatic N) is 2. The molecule has 108 valence electrons. The number of nitrogens with one attached hydrogen (secondary N) is 2. The zero-order valence-corrected chi connectivity index (χ0v) is 11.7. The molecule has 0 bridgehead atoms. The third kappa shape index (κ3) is 3.10. The van der Waals surface area contributed by atoms with E-state index in [4.69, 9.17) is 4.74 Å². The number of hydrogen-bond acceptors (Lipinski definition) is 4. The molecule has 0 spiro atoms. The van der Waals surface area contributed by atoms with Gasteiger partial charge in [-0.15, -0.1) is 0 Å². The fourth-order valence-corrected chi connectivity index (χ4v) is 1.98. The molecule has 2 N–H and O–H groups in total. The van der Waals surface area contributed by atoms with Gasteiger partial charge in [-0.3, -0.25) is 9.89 Å². The second-order valence-electron chi connectivity index (χ2n) is 4.94. The van der Waals surface area contributed by atoms with Gasteiger partial charge in [0, 0.05) is 17.0 Å². The average Bonchev–Trinajstić information content (AvgIpc) is 3.27. The Kier molecular flexibility index (Phi) is 3.68. The predicted octanol–water partition coefficient (Wildman–Crippen LogP) is 1.95. The van der Waals surface area contributed by atoms with E-state index in [1.807, 2.05) is 24.3 Å². The van der Waals surface area contributed by atoms with E-state index in [9.17, 15) is 4.79 Å². The van der Waals surface area contributed by atoms with Crippen molar-refractivity contribution in [2.24, 2.45) is 11.0 Å². The van der Waals surface area contributed by atoms with Gasteiger partial charge in [-0.1, -0.05) is 0 Å². The predicted molar refractivity (Wildman–Crippen MR) is 79.0 cm³/mol. The summed E-state index contributed by atoms with van der Waals surface area (Å²) in [6, 6.07) is 7.64. The number of amides is 1. The smallest absolute Gasteiger partial charge is 0.243 e. The summed E-state index contributed by atoms with van der Waals surface area (Å²) < 4.78 is 5.14. The first-order chi connectivity index (χ1) is 10.3. The fraction of sp³-hybridized carbons (Fsp3) is 0.267. The van der Waals surface area contributed by atoms with E-state index in [0.717, 1.165) is 35.4 Å². The van der Waals surface area contributed by atoms with Gasteiger partial charge in [0.25, 0.3) is 0 Å². The molecule has 6 heteroatoms. The lowest BCUT2D eigenvalue weighted by atomic mass is 10.1. The Morgan fingerprint density at radius 2 is 2.19 bits per heavy atom. The molecule has 1 fully saturated rings. The highest BCUT2D eigenvalue weighted by Crippen LogP contribution is 2.28. The molecule has 0 saturated heterocycles. The van der Waals surface area contributed by atoms with Crippen molar-refractivity contribution in [3.8, 4) is 17.0 Å². The quantitative estimate of drug-likeness (QED) is 0.650. The van der Waals surface area contributed by atoms with Gasteiger partial charge in [0.2, 0.25) is 5.91 Å². The summed E-state index contributed by atoms with van der Waals surface area (Å²) in [5, 5.41) is 10.9. The summed E-state index contributed by atoms with van der Waals surface area (Å²) >= 11 is 0. The van der Waals surface area contributed by atoms with Gasteiger partial charge in [-0.05, 0) is 37.1 Å². The molecular weight excluding hydrogens is 268 g/mol. The molecular formula is C15H16N4O2. The van der Waals surface area contributed by atoms with E-state index in [-0.39, 0.29) is 11.8 Å². The average molecular weight is 284 g/mol. The number of rotatable bonds is 5. The highest BCUT2D eigenvalue weighted by Gasteiger charge is 2.29. The van der Waals surface area contributed by atoms with Crippen LogP contribution in [0.1, 0.15) is 18.4 Å². The van der Waals surface area contributed by atoms with Crippen LogP contribution >= 0.6 is 0 Å². The number of methoxy groups -OCH3 is 1. The van der Waals surface area contributed by atoms with Crippen molar-refractivity contribution in [3.63, 3.8) is 0 Å². The molecule has 3 rings (SSSR count). The Bertz CT molecular complexity index is 657. The van der Waals surface area contributed by atoms with Crippen LogP contribution in [0.15, 0.2) is 35.6 Å². The highest BCUT2D eigenvalue weighted by atomic mass is 16.5. The van der Waals surface area contributed by atoms with Crippen LogP contribution in [0.2, 0.25) is 0 Å². The minimum atomic E-state index is -0.0132. The third-order valence-electron chi connectivity index (χ3n) is 3.37. The van der Waals surface area contributed by atoms with Gasteiger partial charge in [-0.25, -0.2) is 5.43 Å². The number of hydrogen-bond donors (Lipinski definition) is 2. The number of aromatic amines is 1. The molecule has 1 heterocycles. The summed E-state index contributed by atoms with van der Waals surface area (Å²) in [6.45, 7) is 0. The first kappa shape index (κ1) is 13.4. The minimum absolute atomic E-state index is 0.0132. The maximum absolute atomic E-state index is 11.5. The highest BCUT2D eigenvalue weighted by molar-refractivity contribution is 5.89. The zero-order chi connectivity index (χ0) is 14.7. The van der Waals surface area contributed by atoms with E-state index < -0.39 is 0 Å². The monoisotopic (exact) mass is 284 g/mol. The molecule has 1 saturated carbocycles. The first-order valence-corrected chi connectivity index (χ1v) is 6.78. The van der Waals surface area contributed by atoms with Crippen molar-refractivity contribution < 1.29 is 9.53 Å². The van der Waals surface area contributed by atoms with Crippen molar-refractivity contribution in [3.05, 3.63) is 36.0 Å². The zero-order valence-electron chi connectivity index (χ0n) is 11.7. The van der Waals surface area contributed by atoms with Crippen LogP contribution in [0.4, 0.5) is 0 Å². The first-order valence-electron chi connectivity index (χ1n) is 6.78. The lowest BCUT2D eigenvalue weighted by Crippen LogP contribution is -2.18. The van der Waals surface area contributed by atoms with Crippen molar-refractivity contribution in [2.75, 3.05) is 7.11 Å². The molecule has 2 aromatic rings. The van der Waals surface area contributed by atoms with E-state index in [1.165, 1.54) is 0 Å². The molecule has 1 amide bonds. The van der Waals surface area contributed by atoms with E-state index in [1.54, 1.807) is 19.5 Å². The standard InChI is InChI=1S/C15H16N4O2/c1-21-13-6-4-10(5-7-13)14-12(8-16-18-14)9-17-19-15(20)11-2-3-11/h4-9,11H,2-3H2,1H3,(H,16,18)(H,19,20). The van der Waals surface area contributed by atoms with Crippen LogP contribution < -0.4 is 10.2 Å². The summed E-state index contributed by atoms with van der Waals surface area (Å²) in [6.07, 6.45) is 5.20. The second-order valence-corrected chi connectivity index (χ2v) is 4.94. The SMILES string of the molecule is COc1ccc(-c2[nH]ncc2C=NNC(=O)C2CC2)cc1. The molecule has 0 unspecified atom stereocenters. The summed E-state index contributed by atoms with van der Waals surface area (Å²) in [5.41, 5.74) is 5.19. The summed E-state index contributed by atoms with van der Waals surface area (Å²) in [5.74, 6) is 0.929. The van der Waals surface area contributed by atoms with E-state index in [2.05, 4.69) is 20.7 Å². The molecule has 0 radical (unpaired) electrons. The Morgan fingerprint density at radius 3 is 2.86 bits per heavy atom. The summed E-state index contributed by atoms with van der Waals surface area (Å²) in [4.78, 5) is 11.5. The number of hydrazone groups is 1. The van der Waals surface area contributed by atoms with Crippen LogP contribution in [0.3, 0.4) is 0 Å². The summed E-state index contributed by atoms with van der Waals surface area (Å²) in [7, 11) is 1.63. The van der Waals surface area contributed by atoms with Crippen molar-refractivity contribution in [1.82, 2.24) is 15.6 Å². The molecule has 0 atom stereocenters. The largest absolute Gasteiger partial charge is 0.497 e. The van der Waals surface area contributed by atoms with Gasteiger partial charge < -0.3 is 4.74 Å². The molecule has 1 aliphatic rings. The van der Waals surface area contributed by atoms with Crippen molar-refractivity contribution >= 4 is 12.1 Å². The molecule has 21 heavy (non-hydrogen) atoms. The maximum atomic E-state index is 11.5. The van der Waals surface area contributed by atoms with Crippen molar-refractivity contribution in [2.45, 2.75) is 12.8 Å². The van der Waals surface area contributed by atoms with Crippen LogP contribution in [0, 0.1) is 5.92 Å². The van der Waals surface area contributed by atoms with Gasteiger partial charge in [0.05, 0.1) is 25.2 Å². The topological polar surface area (TPSA) is 79.4 Å². The Hall–Kier alpha value is -2.63. The maximum Gasteiger partial charge on any atom is 0.243 e. The van der Waals surface area contributed by atoms with Crippen molar-refractivity contribution in [1.29, 1.82) is 0 Å². The normalized spacial score (nSPS) is 14.3. The number of benzene rings is 1. The molecule has 0 aliphatic heterocycles. The van der Waals surface area contributed by atoms with Crippen LogP contribution in [-0.4, -0.2) is 29.4 Å². The lowest BCUT2D eigenvalue weighted by molar-refractivity contribution is -0.122. The van der Waals surface area contributed by atoms with Gasteiger partial charge in [0.15, 0.2) is 0 Å². The number of aromatic nitrogens is 2. The number of ether oxygens (including phenoxy) is 1. The molecule has 1 aromatic carbocycles. The lowest BCUT2D eigenvalue weighted by Gasteiger charge is -2.02. The fourth-order valence-electron chi connectivity index (χ4n) is 1.98. The Balaban J connectivity index is 1.73. The van der Waals surface area contributed by atoms with E-state index >= 15 is 0 Å². The van der Waals surface area contributed by atoms with Crippen LogP contribution in [-0.2, 0) is 4.79 Å². The molecule has 6 nitrogen and oxygen atoms in total. The molecule has 1 aromatic heterocycles. The second kappa shape index (κ2) is 5.78. The van der Waals surface area contributed by atoms with E-state index in [0.29, 0.717) is 0 Å². The van der Waals surface area contributed by atoms with Gasteiger partial charge >= 0.3 is 0 Å². The Labute approximate surface area is 122 Å². The Morgan fingerprint density at radius 1 is 1.43 bits per heavy atom. The minimum Gasteiger partial charge on any atom is -0.497 e. The number of H-pyrrole nitrogens is 1. The molecule has 1 aliphatic carbocycles. The van der Waals surface area contributed by atoms with Crippen LogP contribution in [0.5, 0.6) is 5.75 Å². The third-order valence-corrected chi connectivity index (χ3v) is 3.37. The van der Waals surface area contributed by atoms with Gasteiger partial charge in [-0.2, -0.15) is 10.2 Å².